The molecule has 6 atom stereocenters. The number of carboxylic acids is 1. The Labute approximate surface area is 163 Å². The van der Waals surface area contributed by atoms with E-state index in [4.69, 9.17) is 10.8 Å². The fraction of sp³-hybridized carbons (Fsp3) is 0.947. The van der Waals surface area contributed by atoms with Crippen LogP contribution < -0.4 is 5.32 Å². The fourth-order valence-corrected chi connectivity index (χ4v) is 3.91. The summed E-state index contributed by atoms with van der Waals surface area (Å²) in [6.45, 7) is 8.04. The molecule has 0 saturated carbocycles. The van der Waals surface area contributed by atoms with E-state index in [0.717, 1.165) is 0 Å². The number of nitrogens with one attached hydrogen (secondary N) is 1. The van der Waals surface area contributed by atoms with E-state index >= 15 is 0 Å². The second-order valence-electron chi connectivity index (χ2n) is 8.07. The van der Waals surface area contributed by atoms with Crippen LogP contribution in [0.15, 0.2) is 0 Å². The van der Waals surface area contributed by atoms with Gasteiger partial charge in [0.1, 0.15) is 12.2 Å². The first-order valence-electron chi connectivity index (χ1n) is 10.3. The van der Waals surface area contributed by atoms with Crippen LogP contribution in [0.3, 0.4) is 0 Å². The van der Waals surface area contributed by atoms with E-state index in [1.165, 1.54) is 7.05 Å². The Morgan fingerprint density at radius 2 is 1.93 bits per heavy atom. The van der Waals surface area contributed by atoms with Crippen LogP contribution in [-0.2, 0) is 14.3 Å². The van der Waals surface area contributed by atoms with E-state index in [0.29, 0.717) is 24.2 Å². The van der Waals surface area contributed by atoms with Crippen LogP contribution in [-0.4, -0.2) is 76.3 Å². The number of carbonyl (C=O) groups is 1. The molecule has 0 bridgehead atoms. The zero-order valence-electron chi connectivity index (χ0n) is 18.0. The van der Waals surface area contributed by atoms with Crippen molar-refractivity contribution in [3.63, 3.8) is 0 Å². The molecule has 5 N–H and O–H groups in total. The molecule has 27 heavy (non-hydrogen) atoms. The van der Waals surface area contributed by atoms with Gasteiger partial charge in [-0.25, -0.2) is 4.79 Å². The molecule has 8 nitrogen and oxygen atoms in total. The third-order valence-corrected chi connectivity index (χ3v) is 5.46. The summed E-state index contributed by atoms with van der Waals surface area (Å²) in [6.07, 6.45) is -5.12. The van der Waals surface area contributed by atoms with Gasteiger partial charge in [-0.2, -0.15) is 0 Å². The number of hydrogen-bond donors (Lipinski definition) is 5. The van der Waals surface area contributed by atoms with Gasteiger partial charge in [0.15, 0.2) is 0 Å². The highest BCUT2D eigenvalue weighted by atomic mass is 16.7. The summed E-state index contributed by atoms with van der Waals surface area (Å²) < 4.78 is 18.6. The van der Waals surface area contributed by atoms with Crippen LogP contribution in [0, 0.1) is 17.8 Å². The molecule has 0 radical (unpaired) electrons. The summed E-state index contributed by atoms with van der Waals surface area (Å²) in [7, 11) is 1.54. The molecule has 1 aliphatic heterocycles. The Morgan fingerprint density at radius 3 is 2.37 bits per heavy atom. The first kappa shape index (κ1) is 22.5. The average molecular weight is 393 g/mol. The van der Waals surface area contributed by atoms with E-state index in [2.05, 4.69) is 33.0 Å². The average Bonchev–Trinajstić information content (AvgIpc) is 2.62. The maximum atomic E-state index is 12.0. The lowest BCUT2D eigenvalue weighted by Gasteiger charge is -2.46. The van der Waals surface area contributed by atoms with Gasteiger partial charge in [0.25, 0.3) is 5.79 Å². The van der Waals surface area contributed by atoms with E-state index in [-0.39, 0.29) is 13.0 Å². The highest BCUT2D eigenvalue weighted by Crippen LogP contribution is 2.34. The standard InChI is InChI=1S/C19H37NO7/c1-10(2)13(11(3)4)7-8-26-19(18(24)25)9-14(22)15(20-6)17(27-19)16(23)12(5)21/h10-17,20-23H,7-9H2,1-6H3,(H,24,25)/i5D. The number of likely N-dealkylation sites (N-methyl/N-ethyl adjacent to an activating group) is 1. The SMILES string of the molecule is [2H]CC(O)C(O)C1OC(OCCC(C(C)C)C(C)C)(C(=O)O)CC(O)C1NC. The third-order valence-electron chi connectivity index (χ3n) is 5.46. The van der Waals surface area contributed by atoms with Crippen molar-refractivity contribution in [3.8, 4) is 0 Å². The minimum Gasteiger partial charge on any atom is -0.477 e. The normalized spacial score (nSPS) is 32.0. The number of carboxylic acid groups (broad SMARTS) is 1. The van der Waals surface area contributed by atoms with Crippen LogP contribution in [0.2, 0.25) is 0 Å². The van der Waals surface area contributed by atoms with Gasteiger partial charge in [0.2, 0.25) is 0 Å². The molecule has 6 unspecified atom stereocenters. The molecule has 0 spiro atoms. The quantitative estimate of drug-likeness (QED) is 0.365. The number of aliphatic hydroxyl groups excluding tert-OH is 3. The summed E-state index contributed by atoms with van der Waals surface area (Å²) >= 11 is 0. The van der Waals surface area contributed by atoms with Crippen molar-refractivity contribution < 1.29 is 36.1 Å². The number of rotatable bonds is 10. The molecule has 1 fully saturated rings. The van der Waals surface area contributed by atoms with Crippen molar-refractivity contribution in [2.75, 3.05) is 13.7 Å². The minimum atomic E-state index is -2.13. The maximum Gasteiger partial charge on any atom is 0.364 e. The number of ether oxygens (including phenoxy) is 2. The molecule has 1 saturated heterocycles. The minimum absolute atomic E-state index is 0.119. The van der Waals surface area contributed by atoms with Crippen molar-refractivity contribution >= 4 is 5.97 Å². The maximum absolute atomic E-state index is 12.0. The van der Waals surface area contributed by atoms with Crippen molar-refractivity contribution in [1.82, 2.24) is 5.32 Å². The lowest BCUT2D eigenvalue weighted by molar-refractivity contribution is -0.311. The molecule has 8 heteroatoms. The van der Waals surface area contributed by atoms with Gasteiger partial charge in [0, 0.05) is 7.79 Å². The van der Waals surface area contributed by atoms with Crippen LogP contribution in [0.25, 0.3) is 0 Å². The lowest BCUT2D eigenvalue weighted by Crippen LogP contribution is -2.66. The molecule has 1 heterocycles. The molecule has 1 rings (SSSR count). The Bertz CT molecular complexity index is 485. The lowest BCUT2D eigenvalue weighted by atomic mass is 9.83. The summed E-state index contributed by atoms with van der Waals surface area (Å²) in [6, 6.07) is -0.814. The van der Waals surface area contributed by atoms with Crippen LogP contribution in [0.5, 0.6) is 0 Å². The largest absolute Gasteiger partial charge is 0.477 e. The zero-order valence-corrected chi connectivity index (χ0v) is 17.0. The molecule has 0 amide bonds. The Balaban J connectivity index is 3.01. The van der Waals surface area contributed by atoms with Gasteiger partial charge in [0.05, 0.1) is 24.9 Å². The fourth-order valence-electron chi connectivity index (χ4n) is 3.91. The smallest absolute Gasteiger partial charge is 0.364 e. The van der Waals surface area contributed by atoms with E-state index in [1.54, 1.807) is 0 Å². The summed E-state index contributed by atoms with van der Waals surface area (Å²) in [5.41, 5.74) is 0. The molecular formula is C19H37NO7. The Morgan fingerprint density at radius 1 is 1.33 bits per heavy atom. The van der Waals surface area contributed by atoms with Crippen LogP contribution in [0.1, 0.15) is 48.8 Å². The summed E-state index contributed by atoms with van der Waals surface area (Å²) in [4.78, 5) is 12.0. The van der Waals surface area contributed by atoms with Gasteiger partial charge in [-0.05, 0) is 38.1 Å². The van der Waals surface area contributed by atoms with Crippen molar-refractivity contribution in [3.05, 3.63) is 0 Å². The first-order valence-corrected chi connectivity index (χ1v) is 9.56. The van der Waals surface area contributed by atoms with Crippen molar-refractivity contribution in [2.24, 2.45) is 17.8 Å². The van der Waals surface area contributed by atoms with Crippen molar-refractivity contribution in [2.45, 2.75) is 83.7 Å². The van der Waals surface area contributed by atoms with Gasteiger partial charge in [-0.3, -0.25) is 0 Å². The number of aliphatic carboxylic acids is 1. The molecule has 0 aliphatic carbocycles. The first-order chi connectivity index (χ1) is 13.0. The molecule has 1 aliphatic rings. The second-order valence-corrected chi connectivity index (χ2v) is 8.07. The van der Waals surface area contributed by atoms with Crippen LogP contribution >= 0.6 is 0 Å². The number of aliphatic hydroxyl groups is 3. The highest BCUT2D eigenvalue weighted by molar-refractivity contribution is 5.76. The Hall–Kier alpha value is -0.770. The van der Waals surface area contributed by atoms with Gasteiger partial charge in [-0.15, -0.1) is 0 Å². The number of hydrogen-bond acceptors (Lipinski definition) is 7. The van der Waals surface area contributed by atoms with Crippen LogP contribution in [0.4, 0.5) is 0 Å². The third kappa shape index (κ3) is 5.85. The topological polar surface area (TPSA) is 128 Å². The summed E-state index contributed by atoms with van der Waals surface area (Å²) in [5.74, 6) is -2.39. The van der Waals surface area contributed by atoms with Gasteiger partial charge in [-0.1, -0.05) is 27.7 Å². The summed E-state index contributed by atoms with van der Waals surface area (Å²) in [5, 5.41) is 43.2. The predicted octanol–water partition coefficient (Wildman–Crippen LogP) is 0.582. The Kier molecular flexibility index (Phi) is 8.45. The molecule has 0 aromatic heterocycles. The zero-order chi connectivity index (χ0) is 21.6. The monoisotopic (exact) mass is 392 g/mol. The molecule has 0 aromatic rings. The predicted molar refractivity (Wildman–Crippen MR) is 100 cm³/mol. The van der Waals surface area contributed by atoms with Gasteiger partial charge < -0.3 is 35.2 Å². The van der Waals surface area contributed by atoms with E-state index in [1.807, 2.05) is 0 Å². The highest BCUT2D eigenvalue weighted by Gasteiger charge is 2.54. The molecule has 0 aromatic carbocycles. The second kappa shape index (κ2) is 10.1. The van der Waals surface area contributed by atoms with Gasteiger partial charge >= 0.3 is 5.97 Å². The molecular weight excluding hydrogens is 354 g/mol. The van der Waals surface area contributed by atoms with E-state index in [9.17, 15) is 25.2 Å². The molecule has 160 valence electrons. The van der Waals surface area contributed by atoms with E-state index < -0.39 is 49.1 Å². The van der Waals surface area contributed by atoms with Crippen molar-refractivity contribution in [1.29, 1.82) is 0 Å².